The van der Waals surface area contributed by atoms with E-state index in [-0.39, 0.29) is 24.0 Å². The van der Waals surface area contributed by atoms with Gasteiger partial charge in [-0.1, -0.05) is 54.6 Å². The molecule has 0 unspecified atom stereocenters. The van der Waals surface area contributed by atoms with Crippen LogP contribution in [0.1, 0.15) is 29.3 Å². The zero-order chi connectivity index (χ0) is 19.3. The minimum atomic E-state index is -0.333. The van der Waals surface area contributed by atoms with Crippen molar-refractivity contribution in [3.8, 4) is 11.5 Å². The quantitative estimate of drug-likeness (QED) is 0.592. The van der Waals surface area contributed by atoms with Crippen LogP contribution in [-0.2, 0) is 4.79 Å². The summed E-state index contributed by atoms with van der Waals surface area (Å²) in [5, 5.41) is 2.82. The molecule has 1 aliphatic heterocycles. The van der Waals surface area contributed by atoms with Gasteiger partial charge in [0.25, 0.3) is 0 Å². The molecular weight excluding hydrogens is 370 g/mol. The van der Waals surface area contributed by atoms with Crippen LogP contribution in [0.15, 0.2) is 83.8 Å². The summed E-state index contributed by atoms with van der Waals surface area (Å²) in [6.45, 7) is 2.22. The first-order valence-corrected chi connectivity index (χ1v) is 10.1. The van der Waals surface area contributed by atoms with E-state index in [4.69, 9.17) is 9.47 Å². The number of fused-ring (bicyclic) bond motifs is 1. The minimum absolute atomic E-state index is 0.0229. The largest absolute Gasteiger partial charge is 0.454 e. The van der Waals surface area contributed by atoms with E-state index >= 15 is 0 Å². The zero-order valence-corrected chi connectivity index (χ0v) is 16.3. The predicted molar refractivity (Wildman–Crippen MR) is 111 cm³/mol. The van der Waals surface area contributed by atoms with Crippen LogP contribution in [-0.4, -0.2) is 12.7 Å². The lowest BCUT2D eigenvalue weighted by Crippen LogP contribution is -2.30. The van der Waals surface area contributed by atoms with Gasteiger partial charge in [-0.2, -0.15) is 0 Å². The highest BCUT2D eigenvalue weighted by Crippen LogP contribution is 2.37. The van der Waals surface area contributed by atoms with Gasteiger partial charge >= 0.3 is 0 Å². The number of hydrogen-bond donors (Lipinski definition) is 1. The topological polar surface area (TPSA) is 47.6 Å². The Kier molecular flexibility index (Phi) is 5.53. The molecule has 0 radical (unpaired) electrons. The minimum Gasteiger partial charge on any atom is -0.454 e. The first-order chi connectivity index (χ1) is 13.7. The Bertz CT molecular complexity index is 947. The summed E-state index contributed by atoms with van der Waals surface area (Å²) in [7, 11) is 0. The van der Waals surface area contributed by atoms with Gasteiger partial charge in [0, 0.05) is 4.90 Å². The molecule has 3 aromatic carbocycles. The van der Waals surface area contributed by atoms with Gasteiger partial charge in [-0.25, -0.2) is 0 Å². The summed E-state index contributed by atoms with van der Waals surface area (Å²) in [6.07, 6.45) is 0. The van der Waals surface area contributed by atoms with Crippen molar-refractivity contribution in [1.29, 1.82) is 0 Å². The van der Waals surface area contributed by atoms with Crippen LogP contribution in [0.3, 0.4) is 0 Å². The summed E-state index contributed by atoms with van der Waals surface area (Å²) in [5.74, 6) is 1.44. The standard InChI is InChI=1S/C23H21NO3S/c1-16(18-12-13-20-21(14-18)27-15-26-20)24-23(25)22(17-8-4-2-5-9-17)28-19-10-6-3-7-11-19/h2-14,16,22H,15H2,1H3,(H,24,25)/t16-,22-/m1/s1. The Morgan fingerprint density at radius 2 is 1.57 bits per heavy atom. The Morgan fingerprint density at radius 3 is 2.32 bits per heavy atom. The molecule has 3 aromatic rings. The molecular formula is C23H21NO3S. The number of amides is 1. The van der Waals surface area contributed by atoms with Crippen LogP contribution in [0.4, 0.5) is 0 Å². The third-order valence-electron chi connectivity index (χ3n) is 4.59. The van der Waals surface area contributed by atoms with Crippen molar-refractivity contribution < 1.29 is 14.3 Å². The van der Waals surface area contributed by atoms with Crippen molar-refractivity contribution >= 4 is 17.7 Å². The van der Waals surface area contributed by atoms with Crippen LogP contribution < -0.4 is 14.8 Å². The van der Waals surface area contributed by atoms with E-state index in [2.05, 4.69) is 5.32 Å². The molecule has 4 nitrogen and oxygen atoms in total. The van der Waals surface area contributed by atoms with Crippen LogP contribution in [0.5, 0.6) is 11.5 Å². The summed E-state index contributed by atoms with van der Waals surface area (Å²) < 4.78 is 10.8. The number of ether oxygens (including phenoxy) is 2. The molecule has 1 N–H and O–H groups in total. The van der Waals surface area contributed by atoms with Gasteiger partial charge in [0.15, 0.2) is 11.5 Å². The molecule has 1 amide bonds. The average molecular weight is 391 g/mol. The number of rotatable bonds is 6. The number of thioether (sulfide) groups is 1. The lowest BCUT2D eigenvalue weighted by Gasteiger charge is -2.21. The Balaban J connectivity index is 1.53. The molecule has 5 heteroatoms. The average Bonchev–Trinajstić information content (AvgIpc) is 3.21. The molecule has 0 aliphatic carbocycles. The molecule has 4 rings (SSSR count). The van der Waals surface area contributed by atoms with Gasteiger partial charge < -0.3 is 14.8 Å². The van der Waals surface area contributed by atoms with Crippen LogP contribution in [0.2, 0.25) is 0 Å². The molecule has 0 aromatic heterocycles. The normalized spacial score (nSPS) is 14.3. The monoisotopic (exact) mass is 391 g/mol. The second kappa shape index (κ2) is 8.40. The number of carbonyl (C=O) groups excluding carboxylic acids is 1. The van der Waals surface area contributed by atoms with Gasteiger partial charge in [0.2, 0.25) is 12.7 Å². The van der Waals surface area contributed by atoms with E-state index in [1.54, 1.807) is 11.8 Å². The highest BCUT2D eigenvalue weighted by molar-refractivity contribution is 8.00. The van der Waals surface area contributed by atoms with Gasteiger partial charge in [-0.05, 0) is 42.3 Å². The fourth-order valence-corrected chi connectivity index (χ4v) is 4.15. The Labute approximate surface area is 168 Å². The van der Waals surface area contributed by atoms with E-state index in [0.717, 1.165) is 27.5 Å². The fraction of sp³-hybridized carbons (Fsp3) is 0.174. The molecule has 142 valence electrons. The lowest BCUT2D eigenvalue weighted by atomic mass is 10.1. The number of benzene rings is 3. The molecule has 0 saturated carbocycles. The van der Waals surface area contributed by atoms with E-state index in [9.17, 15) is 4.79 Å². The SMILES string of the molecule is C[C@@H](NC(=O)[C@H](Sc1ccccc1)c1ccccc1)c1ccc2c(c1)OCO2. The Morgan fingerprint density at radius 1 is 0.893 bits per heavy atom. The third kappa shape index (κ3) is 4.15. The van der Waals surface area contributed by atoms with Gasteiger partial charge in [0.1, 0.15) is 5.25 Å². The molecule has 2 atom stereocenters. The fourth-order valence-electron chi connectivity index (χ4n) is 3.09. The van der Waals surface area contributed by atoms with Gasteiger partial charge in [0.05, 0.1) is 6.04 Å². The molecule has 28 heavy (non-hydrogen) atoms. The summed E-state index contributed by atoms with van der Waals surface area (Å²) >= 11 is 1.55. The zero-order valence-electron chi connectivity index (χ0n) is 15.5. The van der Waals surface area contributed by atoms with Crippen LogP contribution >= 0.6 is 11.8 Å². The highest BCUT2D eigenvalue weighted by Gasteiger charge is 2.24. The van der Waals surface area contributed by atoms with E-state index in [1.165, 1.54) is 0 Å². The molecule has 0 fully saturated rings. The summed E-state index contributed by atoms with van der Waals surface area (Å²) in [5.41, 5.74) is 1.96. The smallest absolute Gasteiger partial charge is 0.238 e. The molecule has 1 aliphatic rings. The van der Waals surface area contributed by atoms with Crippen molar-refractivity contribution in [2.24, 2.45) is 0 Å². The maximum Gasteiger partial charge on any atom is 0.238 e. The van der Waals surface area contributed by atoms with E-state index in [0.29, 0.717) is 0 Å². The van der Waals surface area contributed by atoms with Crippen LogP contribution in [0, 0.1) is 0 Å². The number of nitrogens with one attached hydrogen (secondary N) is 1. The second-order valence-electron chi connectivity index (χ2n) is 6.56. The van der Waals surface area contributed by atoms with Gasteiger partial charge in [-0.15, -0.1) is 11.8 Å². The van der Waals surface area contributed by atoms with Crippen molar-refractivity contribution in [2.75, 3.05) is 6.79 Å². The van der Waals surface area contributed by atoms with Crippen molar-refractivity contribution in [1.82, 2.24) is 5.32 Å². The van der Waals surface area contributed by atoms with Crippen LogP contribution in [0.25, 0.3) is 0 Å². The molecule has 0 saturated heterocycles. The van der Waals surface area contributed by atoms with Crippen molar-refractivity contribution in [3.05, 3.63) is 90.0 Å². The number of hydrogen-bond acceptors (Lipinski definition) is 4. The summed E-state index contributed by atoms with van der Waals surface area (Å²) in [4.78, 5) is 14.2. The summed E-state index contributed by atoms with van der Waals surface area (Å²) in [6, 6.07) is 25.5. The molecule has 0 bridgehead atoms. The first kappa shape index (κ1) is 18.4. The maximum absolute atomic E-state index is 13.2. The predicted octanol–water partition coefficient (Wildman–Crippen LogP) is 5.13. The molecule has 1 heterocycles. The number of carbonyl (C=O) groups is 1. The van der Waals surface area contributed by atoms with Crippen molar-refractivity contribution in [2.45, 2.75) is 23.1 Å². The maximum atomic E-state index is 13.2. The second-order valence-corrected chi connectivity index (χ2v) is 7.74. The Hall–Kier alpha value is -2.92. The van der Waals surface area contributed by atoms with Crippen molar-refractivity contribution in [3.63, 3.8) is 0 Å². The van der Waals surface area contributed by atoms with E-state index < -0.39 is 0 Å². The highest BCUT2D eigenvalue weighted by atomic mass is 32.2. The first-order valence-electron chi connectivity index (χ1n) is 9.17. The van der Waals surface area contributed by atoms with E-state index in [1.807, 2.05) is 85.8 Å². The third-order valence-corrected chi connectivity index (χ3v) is 5.86. The van der Waals surface area contributed by atoms with Gasteiger partial charge in [-0.3, -0.25) is 4.79 Å². The lowest BCUT2D eigenvalue weighted by molar-refractivity contribution is -0.121. The molecule has 0 spiro atoms.